The molecule has 1 aliphatic heterocycles. The Morgan fingerprint density at radius 1 is 1.06 bits per heavy atom. The first kappa shape index (κ1) is 32.1. The van der Waals surface area contributed by atoms with Crippen LogP contribution in [0, 0.1) is 0 Å². The quantitative estimate of drug-likeness (QED) is 0.114. The predicted octanol–water partition coefficient (Wildman–Crippen LogP) is 3.13. The fourth-order valence-corrected chi connectivity index (χ4v) is 3.15. The molecule has 1 heterocycles. The van der Waals surface area contributed by atoms with Crippen LogP contribution in [0.1, 0.15) is 84.0 Å². The van der Waals surface area contributed by atoms with Crippen molar-refractivity contribution in [2.24, 2.45) is 5.73 Å². The molecule has 0 radical (unpaired) electrons. The molecule has 2 amide bonds. The number of carbonyl (C=O) groups is 2. The maximum Gasteiger partial charge on any atom is 0.326 e. The highest BCUT2D eigenvalue weighted by Gasteiger charge is 2.10. The van der Waals surface area contributed by atoms with Gasteiger partial charge in [-0.25, -0.2) is 9.80 Å². The van der Waals surface area contributed by atoms with Crippen molar-refractivity contribution >= 4 is 12.0 Å². The molecule has 198 valence electrons. The van der Waals surface area contributed by atoms with Crippen molar-refractivity contribution in [2.45, 2.75) is 90.1 Å². The van der Waals surface area contributed by atoms with Gasteiger partial charge in [-0.1, -0.05) is 63.3 Å². The molecule has 9 nitrogen and oxygen atoms in total. The molecule has 0 aromatic rings. The largest absolute Gasteiger partial charge is 0.463 e. The second-order valence-electron chi connectivity index (χ2n) is 8.40. The number of carbonyl (C=O) groups excluding carboxylic acids is 2. The number of urea groups is 1. The van der Waals surface area contributed by atoms with Crippen molar-refractivity contribution in [3.63, 3.8) is 0 Å². The molecule has 1 unspecified atom stereocenters. The van der Waals surface area contributed by atoms with E-state index in [0.29, 0.717) is 13.1 Å². The highest BCUT2D eigenvalue weighted by atomic mass is 16.5. The number of primary amides is 1. The maximum atomic E-state index is 11.4. The van der Waals surface area contributed by atoms with Crippen molar-refractivity contribution in [1.82, 2.24) is 15.8 Å². The summed E-state index contributed by atoms with van der Waals surface area (Å²) in [5.41, 5.74) is 7.30. The molecule has 1 rings (SSSR count). The Morgan fingerprint density at radius 2 is 1.71 bits per heavy atom. The average molecular weight is 485 g/mol. The summed E-state index contributed by atoms with van der Waals surface area (Å²) in [6.45, 7) is 4.15. The van der Waals surface area contributed by atoms with E-state index in [1.54, 1.807) is 5.01 Å². The van der Waals surface area contributed by atoms with Crippen LogP contribution in [0.5, 0.6) is 0 Å². The fourth-order valence-electron chi connectivity index (χ4n) is 3.15. The first-order valence-corrected chi connectivity index (χ1v) is 12.8. The number of hydrogen-bond donors (Lipinski definition) is 5. The number of nitrogens with two attached hydrogens (primary N) is 1. The lowest BCUT2D eigenvalue weighted by atomic mass is 10.1. The molecule has 0 spiro atoms. The summed E-state index contributed by atoms with van der Waals surface area (Å²) in [7, 11) is 0. The molecule has 0 aliphatic carbocycles. The van der Waals surface area contributed by atoms with E-state index < -0.39 is 12.1 Å². The molecular weight excluding hydrogens is 436 g/mol. The van der Waals surface area contributed by atoms with E-state index >= 15 is 0 Å². The topological polar surface area (TPSA) is 137 Å². The van der Waals surface area contributed by atoms with Crippen LogP contribution in [0.4, 0.5) is 4.79 Å². The molecule has 1 aliphatic rings. The second kappa shape index (κ2) is 24.2. The summed E-state index contributed by atoms with van der Waals surface area (Å²) >= 11 is 0. The van der Waals surface area contributed by atoms with Gasteiger partial charge in [0.15, 0.2) is 0 Å². The lowest BCUT2D eigenvalue weighted by Gasteiger charge is -2.12. The SMILES string of the molecule is CCCCC/C=C\C/C=C\CCCCCCCC(=O)OCC(O)CO.NC(=O)NN1CCNC1. The van der Waals surface area contributed by atoms with Crippen LogP contribution in [-0.2, 0) is 9.53 Å². The number of esters is 1. The van der Waals surface area contributed by atoms with Crippen LogP contribution in [-0.4, -0.2) is 66.3 Å². The van der Waals surface area contributed by atoms with E-state index in [1.807, 2.05) is 0 Å². The number of unbranched alkanes of at least 4 members (excludes halogenated alkanes) is 8. The van der Waals surface area contributed by atoms with Gasteiger partial charge in [-0.2, -0.15) is 0 Å². The van der Waals surface area contributed by atoms with Gasteiger partial charge < -0.3 is 26.0 Å². The highest BCUT2D eigenvalue weighted by Crippen LogP contribution is 2.09. The second-order valence-corrected chi connectivity index (χ2v) is 8.40. The first-order valence-electron chi connectivity index (χ1n) is 12.8. The van der Waals surface area contributed by atoms with Crippen molar-refractivity contribution < 1.29 is 24.5 Å². The highest BCUT2D eigenvalue weighted by molar-refractivity contribution is 5.71. The Balaban J connectivity index is 0.000000999. The Hall–Kier alpha value is -1.94. The number of ether oxygens (including phenoxy) is 1. The molecule has 0 bridgehead atoms. The Kier molecular flexibility index (Phi) is 22.8. The standard InChI is InChI=1S/C21H38O4.C4H10N4O/c1-2-3-4-5-6-7-8-9-10-11-12-13-14-15-16-17-21(24)25-19-20(23)18-22;5-4(9)7-8-2-1-6-3-8/h6-7,9-10,20,22-23H,2-5,8,11-19H2,1H3;6H,1-3H2,(H3,5,7,9)/b7-6-,10-9-;. The molecule has 1 fully saturated rings. The van der Waals surface area contributed by atoms with Crippen molar-refractivity contribution in [3.05, 3.63) is 24.3 Å². The number of hydrazine groups is 1. The van der Waals surface area contributed by atoms with Crippen LogP contribution < -0.4 is 16.5 Å². The summed E-state index contributed by atoms with van der Waals surface area (Å²) in [5.74, 6) is -0.293. The molecule has 1 saturated heterocycles. The number of nitrogens with zero attached hydrogens (tertiary/aromatic N) is 1. The monoisotopic (exact) mass is 484 g/mol. The van der Waals surface area contributed by atoms with Gasteiger partial charge in [0.25, 0.3) is 0 Å². The number of amides is 2. The van der Waals surface area contributed by atoms with Gasteiger partial charge in [0, 0.05) is 19.5 Å². The van der Waals surface area contributed by atoms with E-state index in [-0.39, 0.29) is 19.2 Å². The molecule has 34 heavy (non-hydrogen) atoms. The van der Waals surface area contributed by atoms with Gasteiger partial charge in [-0.3, -0.25) is 10.2 Å². The van der Waals surface area contributed by atoms with Gasteiger partial charge in [0.05, 0.1) is 13.3 Å². The Bertz CT molecular complexity index is 551. The van der Waals surface area contributed by atoms with E-state index in [0.717, 1.165) is 45.2 Å². The van der Waals surface area contributed by atoms with Crippen LogP contribution in [0.2, 0.25) is 0 Å². The number of rotatable bonds is 18. The lowest BCUT2D eigenvalue weighted by Crippen LogP contribution is -2.44. The van der Waals surface area contributed by atoms with E-state index in [1.165, 1.54) is 38.5 Å². The minimum Gasteiger partial charge on any atom is -0.463 e. The van der Waals surface area contributed by atoms with Gasteiger partial charge in [-0.05, 0) is 38.5 Å². The molecule has 0 saturated carbocycles. The maximum absolute atomic E-state index is 11.4. The Morgan fingerprint density at radius 3 is 2.29 bits per heavy atom. The molecule has 9 heteroatoms. The van der Waals surface area contributed by atoms with Gasteiger partial charge in [0.1, 0.15) is 12.7 Å². The third-order valence-corrected chi connectivity index (χ3v) is 5.11. The fraction of sp³-hybridized carbons (Fsp3) is 0.760. The summed E-state index contributed by atoms with van der Waals surface area (Å²) in [6.07, 6.45) is 21.1. The van der Waals surface area contributed by atoms with Crippen LogP contribution >= 0.6 is 0 Å². The van der Waals surface area contributed by atoms with Crippen LogP contribution in [0.25, 0.3) is 0 Å². The molecule has 0 aromatic carbocycles. The molecule has 1 atom stereocenters. The summed E-state index contributed by atoms with van der Waals surface area (Å²) in [5, 5.41) is 22.4. The molecule has 6 N–H and O–H groups in total. The summed E-state index contributed by atoms with van der Waals surface area (Å²) in [6, 6.07) is -0.501. The number of nitrogens with one attached hydrogen (secondary N) is 2. The van der Waals surface area contributed by atoms with Gasteiger partial charge >= 0.3 is 12.0 Å². The first-order chi connectivity index (χ1) is 16.5. The number of allylic oxidation sites excluding steroid dienone is 4. The number of aliphatic hydroxyl groups excluding tert-OH is 2. The average Bonchev–Trinajstić information content (AvgIpc) is 3.32. The predicted molar refractivity (Wildman–Crippen MR) is 136 cm³/mol. The smallest absolute Gasteiger partial charge is 0.326 e. The zero-order valence-electron chi connectivity index (χ0n) is 21.1. The zero-order valence-corrected chi connectivity index (χ0v) is 21.1. The van der Waals surface area contributed by atoms with Crippen molar-refractivity contribution in [2.75, 3.05) is 33.0 Å². The van der Waals surface area contributed by atoms with E-state index in [2.05, 4.69) is 42.0 Å². The number of hydrogen-bond acceptors (Lipinski definition) is 7. The zero-order chi connectivity index (χ0) is 25.3. The van der Waals surface area contributed by atoms with Crippen LogP contribution in [0.15, 0.2) is 24.3 Å². The Labute approximate surface area is 205 Å². The van der Waals surface area contributed by atoms with Crippen molar-refractivity contribution in [1.29, 1.82) is 0 Å². The van der Waals surface area contributed by atoms with Gasteiger partial charge in [-0.15, -0.1) is 0 Å². The minimum absolute atomic E-state index is 0.115. The molecule has 0 aromatic heterocycles. The third-order valence-electron chi connectivity index (χ3n) is 5.11. The molecular formula is C25H48N4O5. The normalized spacial score (nSPS) is 14.8. The summed E-state index contributed by atoms with van der Waals surface area (Å²) in [4.78, 5) is 21.6. The minimum atomic E-state index is -0.964. The van der Waals surface area contributed by atoms with Crippen molar-refractivity contribution in [3.8, 4) is 0 Å². The van der Waals surface area contributed by atoms with Gasteiger partial charge in [0.2, 0.25) is 0 Å². The van der Waals surface area contributed by atoms with Crippen LogP contribution in [0.3, 0.4) is 0 Å². The lowest BCUT2D eigenvalue weighted by molar-refractivity contribution is -0.147. The van der Waals surface area contributed by atoms with E-state index in [9.17, 15) is 9.59 Å². The number of aliphatic hydroxyl groups is 2. The van der Waals surface area contributed by atoms with E-state index in [4.69, 9.17) is 20.7 Å². The third kappa shape index (κ3) is 23.2. The summed E-state index contributed by atoms with van der Waals surface area (Å²) < 4.78 is 4.85.